The molecule has 2 aliphatic heterocycles. The second kappa shape index (κ2) is 14.2. The lowest BCUT2D eigenvalue weighted by Gasteiger charge is -2.16. The third kappa shape index (κ3) is 8.34. The summed E-state index contributed by atoms with van der Waals surface area (Å²) in [7, 11) is -8.54. The van der Waals surface area contributed by atoms with Crippen LogP contribution >= 0.6 is 0 Å². The zero-order valence-electron chi connectivity index (χ0n) is 28.5. The van der Waals surface area contributed by atoms with Crippen molar-refractivity contribution in [3.8, 4) is 0 Å². The highest BCUT2D eigenvalue weighted by molar-refractivity contribution is 7.85. The summed E-state index contributed by atoms with van der Waals surface area (Å²) in [5, 5.41) is 0. The maximum Gasteiger partial charge on any atom is 0.209 e. The quantitative estimate of drug-likeness (QED) is 0.142. The highest BCUT2D eigenvalue weighted by Crippen LogP contribution is 2.41. The average molecular weight is 705 g/mol. The second-order valence-corrected chi connectivity index (χ2v) is 17.0. The van der Waals surface area contributed by atoms with Gasteiger partial charge in [0.2, 0.25) is 11.4 Å². The molecular formula is C38H44N2O7S2. The summed E-state index contributed by atoms with van der Waals surface area (Å²) in [6, 6.07) is 16.2. The van der Waals surface area contributed by atoms with Crippen LogP contribution in [0.5, 0.6) is 0 Å². The molecule has 11 heteroatoms. The number of rotatable bonds is 14. The lowest BCUT2D eigenvalue weighted by atomic mass is 9.80. The number of benzene rings is 2. The smallest absolute Gasteiger partial charge is 0.209 e. The molecule has 2 heterocycles. The molecule has 2 aromatic carbocycles. The molecule has 49 heavy (non-hydrogen) atoms. The van der Waals surface area contributed by atoms with Gasteiger partial charge in [-0.3, -0.25) is 4.79 Å². The summed E-state index contributed by atoms with van der Waals surface area (Å²) in [4.78, 5) is 13.1. The predicted molar refractivity (Wildman–Crippen MR) is 190 cm³/mol. The highest BCUT2D eigenvalue weighted by atomic mass is 32.2. The molecule has 1 atom stereocenters. The van der Waals surface area contributed by atoms with E-state index in [1.807, 2.05) is 54.6 Å². The number of fused-ring (bicyclic) bond motifs is 2. The maximum atomic E-state index is 13.1. The van der Waals surface area contributed by atoms with Crippen LogP contribution in [0.1, 0.15) is 64.5 Å². The lowest BCUT2D eigenvalue weighted by molar-refractivity contribution is -0.438. The number of hydrogen-bond donors (Lipinski definition) is 0. The second-order valence-electron chi connectivity index (χ2n) is 13.9. The van der Waals surface area contributed by atoms with E-state index < -0.39 is 26.0 Å². The molecule has 2 aromatic rings. The number of ketones is 1. The van der Waals surface area contributed by atoms with Gasteiger partial charge in [0.25, 0.3) is 0 Å². The molecular weight excluding hydrogens is 661 g/mol. The molecule has 0 radical (unpaired) electrons. The van der Waals surface area contributed by atoms with Crippen molar-refractivity contribution in [3.63, 3.8) is 0 Å². The molecule has 1 unspecified atom stereocenters. The van der Waals surface area contributed by atoms with Gasteiger partial charge in [0.05, 0.1) is 31.1 Å². The van der Waals surface area contributed by atoms with Crippen molar-refractivity contribution in [3.05, 3.63) is 108 Å². The molecule has 9 nitrogen and oxygen atoms in total. The SMILES string of the molecule is CC1(C)C(/C=C/C2=CC(/C=C/C3=[N+](CCCCS(=O)(=O)[O-])c4ccccc4C3(C)C)C=CC2=O)=[N+](CCCCS(=O)(=O)[O-])c2ccccc21. The molecule has 0 saturated heterocycles. The number of nitrogens with zero attached hydrogens (tertiary/aromatic N) is 2. The van der Waals surface area contributed by atoms with Crippen molar-refractivity contribution in [2.75, 3.05) is 24.6 Å². The van der Waals surface area contributed by atoms with Crippen molar-refractivity contribution < 1.29 is 39.9 Å². The van der Waals surface area contributed by atoms with E-state index in [0.29, 0.717) is 31.5 Å². The van der Waals surface area contributed by atoms with Crippen LogP contribution in [-0.4, -0.2) is 76.9 Å². The minimum Gasteiger partial charge on any atom is -0.748 e. The summed E-state index contributed by atoms with van der Waals surface area (Å²) in [6.07, 6.45) is 15.0. The van der Waals surface area contributed by atoms with Crippen LogP contribution < -0.4 is 0 Å². The van der Waals surface area contributed by atoms with E-state index in [4.69, 9.17) is 0 Å². The van der Waals surface area contributed by atoms with Crippen LogP contribution in [0.15, 0.2) is 96.6 Å². The summed E-state index contributed by atoms with van der Waals surface area (Å²) in [5.74, 6) is -1.03. The van der Waals surface area contributed by atoms with Crippen molar-refractivity contribution in [2.45, 2.75) is 64.2 Å². The Balaban J connectivity index is 1.41. The van der Waals surface area contributed by atoms with E-state index in [0.717, 1.165) is 33.9 Å². The van der Waals surface area contributed by atoms with E-state index in [1.165, 1.54) is 0 Å². The molecule has 0 bridgehead atoms. The van der Waals surface area contributed by atoms with Crippen LogP contribution in [0.25, 0.3) is 0 Å². The van der Waals surface area contributed by atoms with Gasteiger partial charge in [-0.15, -0.1) is 0 Å². The van der Waals surface area contributed by atoms with Gasteiger partial charge in [-0.25, -0.2) is 16.8 Å². The first-order valence-corrected chi connectivity index (χ1v) is 19.8. The fourth-order valence-electron chi connectivity index (χ4n) is 7.13. The molecule has 3 aliphatic rings. The van der Waals surface area contributed by atoms with E-state index in [1.54, 1.807) is 6.08 Å². The molecule has 1 aliphatic carbocycles. The Kier molecular flexibility index (Phi) is 10.6. The van der Waals surface area contributed by atoms with Crippen LogP contribution in [-0.2, 0) is 35.9 Å². The maximum absolute atomic E-state index is 13.1. The van der Waals surface area contributed by atoms with Gasteiger partial charge in [-0.1, -0.05) is 54.6 Å². The van der Waals surface area contributed by atoms with Crippen LogP contribution in [0, 0.1) is 5.92 Å². The van der Waals surface area contributed by atoms with Gasteiger partial charge >= 0.3 is 0 Å². The Hall–Kier alpha value is -3.77. The summed E-state index contributed by atoms with van der Waals surface area (Å²) < 4.78 is 71.4. The Labute approximate surface area is 290 Å². The van der Waals surface area contributed by atoms with E-state index in [9.17, 15) is 30.7 Å². The highest BCUT2D eigenvalue weighted by Gasteiger charge is 2.45. The Morgan fingerprint density at radius 1 is 0.694 bits per heavy atom. The van der Waals surface area contributed by atoms with Gasteiger partial charge in [0.1, 0.15) is 13.1 Å². The van der Waals surface area contributed by atoms with E-state index in [-0.39, 0.29) is 41.1 Å². The number of hydrogen-bond acceptors (Lipinski definition) is 7. The number of carbonyl (C=O) groups excluding carboxylic acids is 1. The van der Waals surface area contributed by atoms with E-state index in [2.05, 4.69) is 67.2 Å². The zero-order valence-corrected chi connectivity index (χ0v) is 30.1. The Morgan fingerprint density at radius 2 is 1.16 bits per heavy atom. The normalized spacial score (nSPS) is 20.1. The van der Waals surface area contributed by atoms with Gasteiger partial charge in [-0.05, 0) is 52.7 Å². The minimum absolute atomic E-state index is 0.0989. The summed E-state index contributed by atoms with van der Waals surface area (Å²) >= 11 is 0. The fraction of sp³-hybridized carbons (Fsp3) is 0.395. The Bertz CT molecular complexity index is 2050. The largest absolute Gasteiger partial charge is 0.748 e. The van der Waals surface area contributed by atoms with Crippen LogP contribution in [0.2, 0.25) is 0 Å². The summed E-state index contributed by atoms with van der Waals surface area (Å²) in [5.41, 5.74) is 6.28. The van der Waals surface area contributed by atoms with Gasteiger partial charge in [0.15, 0.2) is 17.2 Å². The first-order valence-electron chi connectivity index (χ1n) is 16.7. The zero-order chi connectivity index (χ0) is 35.6. The third-order valence-electron chi connectivity index (χ3n) is 9.67. The van der Waals surface area contributed by atoms with Crippen molar-refractivity contribution >= 4 is 48.8 Å². The number of carbonyl (C=O) groups is 1. The summed E-state index contributed by atoms with van der Waals surface area (Å²) in [6.45, 7) is 9.66. The van der Waals surface area contributed by atoms with Gasteiger partial charge in [-0.2, -0.15) is 9.15 Å². The lowest BCUT2D eigenvalue weighted by Crippen LogP contribution is -2.28. The number of allylic oxidation sites excluding steroid dienone is 8. The fourth-order valence-corrected chi connectivity index (χ4v) is 8.24. The van der Waals surface area contributed by atoms with Crippen molar-refractivity contribution in [1.29, 1.82) is 0 Å². The Morgan fingerprint density at radius 3 is 1.65 bits per heavy atom. The first kappa shape index (κ1) is 36.5. The molecule has 5 rings (SSSR count). The van der Waals surface area contributed by atoms with Crippen LogP contribution in [0.3, 0.4) is 0 Å². The first-order chi connectivity index (χ1) is 23.0. The average Bonchev–Trinajstić information content (AvgIpc) is 3.37. The third-order valence-corrected chi connectivity index (χ3v) is 11.3. The molecule has 0 spiro atoms. The molecule has 0 fully saturated rings. The van der Waals surface area contributed by atoms with Crippen molar-refractivity contribution in [1.82, 2.24) is 0 Å². The van der Waals surface area contributed by atoms with Crippen molar-refractivity contribution in [2.24, 2.45) is 5.92 Å². The van der Waals surface area contributed by atoms with Gasteiger partial charge < -0.3 is 9.11 Å². The molecule has 260 valence electrons. The molecule has 0 saturated carbocycles. The topological polar surface area (TPSA) is 137 Å². The standard InChI is InChI=1S/C38H44N2O7S2/c1-37(2)30-13-5-7-15-32(30)39(23-9-11-25-48(42,43)44)35(37)21-18-28-17-20-34(41)29(27-28)19-22-36-38(3,4)31-14-6-8-16-33(31)40(36)24-10-12-26-49(45,46)47/h5-8,13-22,27-28H,9-12,23-26H2,1-4H3/b21-18+,22-19+. The molecule has 0 N–H and O–H groups in total. The molecule has 0 amide bonds. The number of unbranched alkanes of at least 4 members (excludes halogenated alkanes) is 2. The monoisotopic (exact) mass is 704 g/mol. The predicted octanol–water partition coefficient (Wildman–Crippen LogP) is 5.58. The number of para-hydroxylation sites is 2. The minimum atomic E-state index is -4.28. The van der Waals surface area contributed by atoms with Crippen LogP contribution in [0.4, 0.5) is 11.4 Å². The van der Waals surface area contributed by atoms with Gasteiger partial charge in [0, 0.05) is 71.3 Å². The van der Waals surface area contributed by atoms with E-state index >= 15 is 0 Å². The molecule has 0 aromatic heterocycles.